The molecule has 0 bridgehead atoms. The fraction of sp³-hybridized carbons (Fsp3) is 0.680. The smallest absolute Gasteiger partial charge is 0.261 e. The van der Waals surface area contributed by atoms with Crippen LogP contribution in [0.2, 0.25) is 0 Å². The Morgan fingerprint density at radius 2 is 1.83 bits per heavy atom. The van der Waals surface area contributed by atoms with Crippen molar-refractivity contribution in [2.24, 2.45) is 11.8 Å². The lowest BCUT2D eigenvalue weighted by atomic mass is 9.88. The van der Waals surface area contributed by atoms with Gasteiger partial charge in [0, 0.05) is 18.2 Å². The molecule has 1 saturated heterocycles. The second-order valence-corrected chi connectivity index (χ2v) is 12.0. The Morgan fingerprint density at radius 3 is 2.46 bits per heavy atom. The zero-order valence-corrected chi connectivity index (χ0v) is 21.7. The van der Waals surface area contributed by atoms with Crippen molar-refractivity contribution < 1.29 is 22.8 Å². The van der Waals surface area contributed by atoms with Crippen molar-refractivity contribution in [3.63, 3.8) is 0 Å². The van der Waals surface area contributed by atoms with Crippen molar-refractivity contribution in [3.05, 3.63) is 24.4 Å². The van der Waals surface area contributed by atoms with E-state index in [-0.39, 0.29) is 35.1 Å². The van der Waals surface area contributed by atoms with Crippen LogP contribution in [0.15, 0.2) is 29.4 Å². The van der Waals surface area contributed by atoms with E-state index >= 15 is 0 Å². The largest absolute Gasteiger partial charge is 0.344 e. The van der Waals surface area contributed by atoms with Crippen LogP contribution in [0.1, 0.15) is 72.1 Å². The quantitative estimate of drug-likeness (QED) is 0.558. The summed E-state index contributed by atoms with van der Waals surface area (Å²) in [5, 5.41) is 5.63. The number of hydrogen-bond acceptors (Lipinski definition) is 6. The van der Waals surface area contributed by atoms with Gasteiger partial charge in [0.15, 0.2) is 10.8 Å². The highest BCUT2D eigenvalue weighted by Crippen LogP contribution is 2.25. The van der Waals surface area contributed by atoms with Crippen LogP contribution >= 0.6 is 0 Å². The molecule has 10 heteroatoms. The first-order valence-corrected chi connectivity index (χ1v) is 14.1. The molecule has 2 aliphatic rings. The SMILES string of the molecule is CC(C)CC(NC(=O)C1CCCCC1)C(=O)NC1CC[C@@H](C)N(S(=O)(=O)c2ccccn2)CC1=O. The summed E-state index contributed by atoms with van der Waals surface area (Å²) in [6.07, 6.45) is 7.44. The van der Waals surface area contributed by atoms with Crippen molar-refractivity contribution in [1.29, 1.82) is 0 Å². The van der Waals surface area contributed by atoms with Gasteiger partial charge in [-0.3, -0.25) is 14.4 Å². The number of hydrogen-bond donors (Lipinski definition) is 2. The van der Waals surface area contributed by atoms with Gasteiger partial charge in [-0.1, -0.05) is 39.2 Å². The minimum atomic E-state index is -3.95. The lowest BCUT2D eigenvalue weighted by Crippen LogP contribution is -2.53. The topological polar surface area (TPSA) is 126 Å². The predicted molar refractivity (Wildman–Crippen MR) is 132 cm³/mol. The molecular weight excluding hydrogens is 468 g/mol. The maximum absolute atomic E-state index is 13.2. The van der Waals surface area contributed by atoms with E-state index in [0.717, 1.165) is 32.1 Å². The van der Waals surface area contributed by atoms with Crippen molar-refractivity contribution in [2.45, 2.75) is 95.3 Å². The number of ketones is 1. The molecule has 3 rings (SSSR count). The van der Waals surface area contributed by atoms with Crippen molar-refractivity contribution >= 4 is 27.6 Å². The molecule has 2 unspecified atom stereocenters. The first-order chi connectivity index (χ1) is 16.6. The summed E-state index contributed by atoms with van der Waals surface area (Å²) in [7, 11) is -3.95. The van der Waals surface area contributed by atoms with Gasteiger partial charge in [0.2, 0.25) is 11.8 Å². The molecule has 2 N–H and O–H groups in total. The van der Waals surface area contributed by atoms with Gasteiger partial charge in [-0.15, -0.1) is 0 Å². The van der Waals surface area contributed by atoms with Gasteiger partial charge in [-0.25, -0.2) is 13.4 Å². The monoisotopic (exact) mass is 506 g/mol. The fourth-order valence-electron chi connectivity index (χ4n) is 4.86. The van der Waals surface area contributed by atoms with Crippen LogP contribution < -0.4 is 10.6 Å². The Bertz CT molecular complexity index is 992. The van der Waals surface area contributed by atoms with Crippen molar-refractivity contribution in [1.82, 2.24) is 19.9 Å². The average molecular weight is 507 g/mol. The van der Waals surface area contributed by atoms with E-state index in [1.54, 1.807) is 19.1 Å². The number of carbonyl (C=O) groups excluding carboxylic acids is 3. The number of carbonyl (C=O) groups is 3. The Morgan fingerprint density at radius 1 is 1.11 bits per heavy atom. The maximum Gasteiger partial charge on any atom is 0.261 e. The molecule has 9 nitrogen and oxygen atoms in total. The van der Waals surface area contributed by atoms with Crippen LogP contribution in [0, 0.1) is 11.8 Å². The van der Waals surface area contributed by atoms with Gasteiger partial charge >= 0.3 is 0 Å². The van der Waals surface area contributed by atoms with Crippen LogP contribution in [0.3, 0.4) is 0 Å². The summed E-state index contributed by atoms with van der Waals surface area (Å²) in [5.74, 6) is -0.767. The summed E-state index contributed by atoms with van der Waals surface area (Å²) in [4.78, 5) is 43.0. The predicted octanol–water partition coefficient (Wildman–Crippen LogP) is 2.42. The number of aromatic nitrogens is 1. The molecule has 0 radical (unpaired) electrons. The number of nitrogens with one attached hydrogen (secondary N) is 2. The normalized spacial score (nSPS) is 23.5. The third-order valence-electron chi connectivity index (χ3n) is 6.91. The highest BCUT2D eigenvalue weighted by atomic mass is 32.2. The molecule has 1 aromatic rings. The van der Waals surface area contributed by atoms with E-state index in [0.29, 0.717) is 19.3 Å². The number of amides is 2. The number of Topliss-reactive ketones (excluding diaryl/α,β-unsaturated/α-hetero) is 1. The Hall–Kier alpha value is -2.33. The Kier molecular flexibility index (Phi) is 9.40. The first kappa shape index (κ1) is 27.3. The second kappa shape index (κ2) is 12.1. The molecule has 2 amide bonds. The Balaban J connectivity index is 1.69. The molecule has 2 fully saturated rings. The van der Waals surface area contributed by atoms with Gasteiger partial charge in [-0.2, -0.15) is 4.31 Å². The van der Waals surface area contributed by atoms with Gasteiger partial charge in [0.25, 0.3) is 10.0 Å². The van der Waals surface area contributed by atoms with E-state index in [4.69, 9.17) is 0 Å². The third kappa shape index (κ3) is 7.10. The maximum atomic E-state index is 13.2. The van der Waals surface area contributed by atoms with Crippen LogP contribution in [0.5, 0.6) is 0 Å². The molecule has 3 atom stereocenters. The summed E-state index contributed by atoms with van der Waals surface area (Å²) in [5.41, 5.74) is 0. The molecule has 1 aliphatic heterocycles. The van der Waals surface area contributed by atoms with E-state index in [1.165, 1.54) is 16.6 Å². The van der Waals surface area contributed by atoms with E-state index in [2.05, 4.69) is 15.6 Å². The number of nitrogens with zero attached hydrogens (tertiary/aromatic N) is 2. The second-order valence-electron chi connectivity index (χ2n) is 10.2. The zero-order chi connectivity index (χ0) is 25.6. The van der Waals surface area contributed by atoms with Gasteiger partial charge in [0.05, 0.1) is 12.6 Å². The van der Waals surface area contributed by atoms with Crippen LogP contribution in [0.25, 0.3) is 0 Å². The summed E-state index contributed by atoms with van der Waals surface area (Å²) in [6, 6.07) is 2.65. The van der Waals surface area contributed by atoms with Gasteiger partial charge < -0.3 is 10.6 Å². The summed E-state index contributed by atoms with van der Waals surface area (Å²) in [6.45, 7) is 5.37. The third-order valence-corrected chi connectivity index (χ3v) is 8.78. The van der Waals surface area contributed by atoms with Crippen molar-refractivity contribution in [3.8, 4) is 0 Å². The highest BCUT2D eigenvalue weighted by molar-refractivity contribution is 7.89. The fourth-order valence-corrected chi connectivity index (χ4v) is 6.42. The van der Waals surface area contributed by atoms with E-state index in [1.807, 2.05) is 13.8 Å². The minimum Gasteiger partial charge on any atom is -0.344 e. The molecule has 2 heterocycles. The van der Waals surface area contributed by atoms with Crippen LogP contribution in [-0.4, -0.2) is 60.0 Å². The number of sulfonamides is 1. The summed E-state index contributed by atoms with van der Waals surface area (Å²) < 4.78 is 27.4. The molecule has 1 saturated carbocycles. The molecule has 1 aliphatic carbocycles. The highest BCUT2D eigenvalue weighted by Gasteiger charge is 2.38. The zero-order valence-electron chi connectivity index (χ0n) is 20.9. The molecular formula is C25H38N4O5S. The Labute approximate surface area is 208 Å². The molecule has 194 valence electrons. The average Bonchev–Trinajstić information content (AvgIpc) is 2.98. The van der Waals surface area contributed by atoms with E-state index in [9.17, 15) is 22.8 Å². The lowest BCUT2D eigenvalue weighted by Gasteiger charge is -2.27. The number of pyridine rings is 1. The van der Waals surface area contributed by atoms with Gasteiger partial charge in [0.1, 0.15) is 6.04 Å². The number of rotatable bonds is 8. The minimum absolute atomic E-state index is 0.0723. The molecule has 0 aromatic carbocycles. The van der Waals surface area contributed by atoms with Crippen LogP contribution in [0.4, 0.5) is 0 Å². The summed E-state index contributed by atoms with van der Waals surface area (Å²) >= 11 is 0. The van der Waals surface area contributed by atoms with E-state index < -0.39 is 34.1 Å². The molecule has 1 aromatic heterocycles. The standard InChI is InChI=1S/C25H38N4O5S/c1-17(2)15-21(28-24(31)19-9-5-4-6-10-19)25(32)27-20-13-12-18(3)29(16-22(20)30)35(33,34)23-11-7-8-14-26-23/h7-8,11,14,17-21H,4-6,9-10,12-13,15-16H2,1-3H3,(H,27,32)(H,28,31)/t18-,20?,21?/m1/s1. The van der Waals surface area contributed by atoms with Gasteiger partial charge in [-0.05, 0) is 57.1 Å². The molecule has 35 heavy (non-hydrogen) atoms. The lowest BCUT2D eigenvalue weighted by molar-refractivity contribution is -0.133. The van der Waals surface area contributed by atoms with Crippen LogP contribution in [-0.2, 0) is 24.4 Å². The first-order valence-electron chi connectivity index (χ1n) is 12.7. The molecule has 0 spiro atoms. The van der Waals surface area contributed by atoms with Crippen molar-refractivity contribution in [2.75, 3.05) is 6.54 Å².